The summed E-state index contributed by atoms with van der Waals surface area (Å²) < 4.78 is 5.01. The highest BCUT2D eigenvalue weighted by Crippen LogP contribution is 2.29. The fourth-order valence-corrected chi connectivity index (χ4v) is 3.20. The van der Waals surface area contributed by atoms with Crippen LogP contribution in [-0.2, 0) is 11.3 Å². The van der Waals surface area contributed by atoms with Crippen molar-refractivity contribution >= 4 is 23.4 Å². The number of nitrogens with one attached hydrogen (secondary N) is 1. The number of carbonyl (C=O) groups is 2. The molecule has 0 saturated carbocycles. The molecule has 25 heavy (non-hydrogen) atoms. The first-order valence-corrected chi connectivity index (χ1v) is 8.34. The van der Waals surface area contributed by atoms with Crippen LogP contribution in [0.3, 0.4) is 0 Å². The Balaban J connectivity index is 1.83. The van der Waals surface area contributed by atoms with Gasteiger partial charge < -0.3 is 25.4 Å². The standard InChI is InChI=1S/C17H19NO6S/c1-10-7-13(16(21)22)25-15(10)14(20)12(19)8-18-17(23)24-9-11-5-3-2-4-6-11/h2-7,12,14,19-20H,8-9H2,1H3,(H,18,23)(H,21,22). The van der Waals surface area contributed by atoms with E-state index in [1.54, 1.807) is 6.92 Å². The smallest absolute Gasteiger partial charge is 0.407 e. The van der Waals surface area contributed by atoms with Crippen molar-refractivity contribution in [3.8, 4) is 0 Å². The Hall–Kier alpha value is -2.42. The van der Waals surface area contributed by atoms with E-state index in [-0.39, 0.29) is 18.0 Å². The molecule has 134 valence electrons. The van der Waals surface area contributed by atoms with Gasteiger partial charge in [-0.2, -0.15) is 0 Å². The maximum absolute atomic E-state index is 11.6. The van der Waals surface area contributed by atoms with Gasteiger partial charge in [-0.1, -0.05) is 30.3 Å². The highest BCUT2D eigenvalue weighted by atomic mass is 32.1. The quantitative estimate of drug-likeness (QED) is 0.597. The predicted octanol–water partition coefficient (Wildman–Crippen LogP) is 2.08. The lowest BCUT2D eigenvalue weighted by atomic mass is 10.1. The average Bonchev–Trinajstić information content (AvgIpc) is 3.00. The number of carboxylic acids is 1. The number of alkyl carbamates (subject to hydrolysis) is 1. The summed E-state index contributed by atoms with van der Waals surface area (Å²) in [5.74, 6) is -1.09. The molecule has 0 aliphatic carbocycles. The van der Waals surface area contributed by atoms with Gasteiger partial charge >= 0.3 is 12.1 Å². The third kappa shape index (κ3) is 5.28. The number of hydrogen-bond donors (Lipinski definition) is 4. The number of aromatic carboxylic acids is 1. The first kappa shape index (κ1) is 18.9. The number of amides is 1. The molecule has 2 unspecified atom stereocenters. The number of carboxylic acid groups (broad SMARTS) is 1. The molecule has 2 rings (SSSR count). The summed E-state index contributed by atoms with van der Waals surface area (Å²) in [7, 11) is 0. The van der Waals surface area contributed by atoms with E-state index >= 15 is 0 Å². The maximum atomic E-state index is 11.6. The molecule has 8 heteroatoms. The fraction of sp³-hybridized carbons (Fsp3) is 0.294. The molecule has 1 aromatic carbocycles. The van der Waals surface area contributed by atoms with Gasteiger partial charge in [-0.15, -0.1) is 11.3 Å². The number of aliphatic hydroxyl groups excluding tert-OH is 2. The third-order valence-corrected chi connectivity index (χ3v) is 4.76. The van der Waals surface area contributed by atoms with E-state index in [1.165, 1.54) is 6.07 Å². The van der Waals surface area contributed by atoms with Crippen molar-refractivity contribution in [3.63, 3.8) is 0 Å². The van der Waals surface area contributed by atoms with Gasteiger partial charge in [-0.05, 0) is 24.1 Å². The predicted molar refractivity (Wildman–Crippen MR) is 91.6 cm³/mol. The zero-order chi connectivity index (χ0) is 18.4. The number of carbonyl (C=O) groups excluding carboxylic acids is 1. The summed E-state index contributed by atoms with van der Waals surface area (Å²) in [4.78, 5) is 23.0. The minimum Gasteiger partial charge on any atom is -0.477 e. The molecule has 2 aromatic rings. The summed E-state index contributed by atoms with van der Waals surface area (Å²) in [6.45, 7) is 1.52. The van der Waals surface area contributed by atoms with Crippen molar-refractivity contribution in [3.05, 3.63) is 57.3 Å². The summed E-state index contributed by atoms with van der Waals surface area (Å²) in [5, 5.41) is 31.5. The van der Waals surface area contributed by atoms with Crippen molar-refractivity contribution in [2.24, 2.45) is 0 Å². The first-order chi connectivity index (χ1) is 11.9. The molecule has 0 spiro atoms. The van der Waals surface area contributed by atoms with Crippen molar-refractivity contribution in [1.82, 2.24) is 5.32 Å². The van der Waals surface area contributed by atoms with E-state index in [0.29, 0.717) is 10.4 Å². The van der Waals surface area contributed by atoms with Crippen molar-refractivity contribution in [1.29, 1.82) is 0 Å². The molecule has 0 saturated heterocycles. The van der Waals surface area contributed by atoms with E-state index in [1.807, 2.05) is 30.3 Å². The molecule has 0 aliphatic heterocycles. The Kier molecular flexibility index (Phi) is 6.51. The van der Waals surface area contributed by atoms with E-state index in [4.69, 9.17) is 9.84 Å². The normalized spacial score (nSPS) is 13.1. The van der Waals surface area contributed by atoms with Crippen molar-refractivity contribution in [2.45, 2.75) is 25.7 Å². The SMILES string of the molecule is Cc1cc(C(=O)O)sc1C(O)C(O)CNC(=O)OCc1ccccc1. The molecule has 1 heterocycles. The third-order valence-electron chi connectivity index (χ3n) is 3.47. The highest BCUT2D eigenvalue weighted by Gasteiger charge is 2.24. The number of benzene rings is 1. The van der Waals surface area contributed by atoms with Crippen LogP contribution >= 0.6 is 11.3 Å². The van der Waals surface area contributed by atoms with Crippen LogP contribution in [0.15, 0.2) is 36.4 Å². The second-order valence-electron chi connectivity index (χ2n) is 5.42. The molecular formula is C17H19NO6S. The summed E-state index contributed by atoms with van der Waals surface area (Å²) in [6, 6.07) is 10.6. The molecule has 0 fully saturated rings. The van der Waals surface area contributed by atoms with Crippen LogP contribution in [0.4, 0.5) is 4.79 Å². The van der Waals surface area contributed by atoms with Gasteiger partial charge in [0.25, 0.3) is 0 Å². The molecule has 0 radical (unpaired) electrons. The Labute approximate surface area is 148 Å². The van der Waals surface area contributed by atoms with Crippen LogP contribution in [-0.4, -0.2) is 40.0 Å². The monoisotopic (exact) mass is 365 g/mol. The molecule has 1 amide bonds. The average molecular weight is 365 g/mol. The summed E-state index contributed by atoms with van der Waals surface area (Å²) in [5.41, 5.74) is 1.40. The lowest BCUT2D eigenvalue weighted by molar-refractivity contribution is 0.0202. The maximum Gasteiger partial charge on any atom is 0.407 e. The number of aliphatic hydroxyl groups is 2. The summed E-state index contributed by atoms with van der Waals surface area (Å²) >= 11 is 0.892. The van der Waals surface area contributed by atoms with E-state index in [0.717, 1.165) is 16.9 Å². The van der Waals surface area contributed by atoms with Crippen LogP contribution in [0.2, 0.25) is 0 Å². The Morgan fingerprint density at radius 1 is 1.24 bits per heavy atom. The van der Waals surface area contributed by atoms with Gasteiger partial charge in [-0.25, -0.2) is 9.59 Å². The second-order valence-corrected chi connectivity index (χ2v) is 6.50. The molecular weight excluding hydrogens is 346 g/mol. The van der Waals surface area contributed by atoms with Crippen LogP contribution < -0.4 is 5.32 Å². The fourth-order valence-electron chi connectivity index (χ4n) is 2.14. The number of aryl methyl sites for hydroxylation is 1. The molecule has 7 nitrogen and oxygen atoms in total. The Morgan fingerprint density at radius 2 is 1.92 bits per heavy atom. The minimum atomic E-state index is -1.30. The molecule has 2 atom stereocenters. The number of ether oxygens (including phenoxy) is 1. The highest BCUT2D eigenvalue weighted by molar-refractivity contribution is 7.14. The van der Waals surface area contributed by atoms with Crippen LogP contribution in [0, 0.1) is 6.92 Å². The zero-order valence-corrected chi connectivity index (χ0v) is 14.3. The Bertz CT molecular complexity index is 730. The lowest BCUT2D eigenvalue weighted by Gasteiger charge is -2.18. The minimum absolute atomic E-state index is 0.0778. The van der Waals surface area contributed by atoms with Crippen molar-refractivity contribution < 1.29 is 29.6 Å². The zero-order valence-electron chi connectivity index (χ0n) is 13.5. The largest absolute Gasteiger partial charge is 0.477 e. The molecule has 0 bridgehead atoms. The second kappa shape index (κ2) is 8.61. The number of hydrogen-bond acceptors (Lipinski definition) is 6. The van der Waals surface area contributed by atoms with Gasteiger partial charge in [0.15, 0.2) is 0 Å². The van der Waals surface area contributed by atoms with Gasteiger partial charge in [0.1, 0.15) is 23.7 Å². The summed E-state index contributed by atoms with van der Waals surface area (Å²) in [6.07, 6.45) is -3.31. The lowest BCUT2D eigenvalue weighted by Crippen LogP contribution is -2.35. The molecule has 1 aromatic heterocycles. The van der Waals surface area contributed by atoms with Gasteiger partial charge in [-0.3, -0.25) is 0 Å². The van der Waals surface area contributed by atoms with E-state index in [2.05, 4.69) is 5.32 Å². The van der Waals surface area contributed by atoms with E-state index in [9.17, 15) is 19.8 Å². The van der Waals surface area contributed by atoms with Crippen molar-refractivity contribution in [2.75, 3.05) is 6.54 Å². The molecule has 0 aliphatic rings. The van der Waals surface area contributed by atoms with Gasteiger partial charge in [0, 0.05) is 11.4 Å². The van der Waals surface area contributed by atoms with Crippen LogP contribution in [0.1, 0.15) is 31.8 Å². The molecule has 4 N–H and O–H groups in total. The Morgan fingerprint density at radius 3 is 2.52 bits per heavy atom. The van der Waals surface area contributed by atoms with Crippen LogP contribution in [0.25, 0.3) is 0 Å². The van der Waals surface area contributed by atoms with Gasteiger partial charge in [0.2, 0.25) is 0 Å². The first-order valence-electron chi connectivity index (χ1n) is 7.52. The number of rotatable bonds is 7. The van der Waals surface area contributed by atoms with E-state index < -0.39 is 24.3 Å². The van der Waals surface area contributed by atoms with Gasteiger partial charge in [0.05, 0.1) is 0 Å². The number of thiophene rings is 1. The van der Waals surface area contributed by atoms with Crippen LogP contribution in [0.5, 0.6) is 0 Å². The topological polar surface area (TPSA) is 116 Å².